The number of aliphatic hydroxyl groups is 1. The predicted octanol–water partition coefficient (Wildman–Crippen LogP) is 2.00. The molecule has 0 aliphatic rings. The van der Waals surface area contributed by atoms with Gasteiger partial charge in [0.05, 0.1) is 0 Å². The van der Waals surface area contributed by atoms with Crippen molar-refractivity contribution in [1.82, 2.24) is 5.32 Å². The Labute approximate surface area is 112 Å². The molecule has 5 heteroatoms. The molecule has 0 saturated carbocycles. The number of nitrogens with one attached hydrogen (secondary N) is 1. The van der Waals surface area contributed by atoms with E-state index in [1.807, 2.05) is 0 Å². The lowest BCUT2D eigenvalue weighted by molar-refractivity contribution is -0.123. The smallest absolute Gasteiger partial charge is 0.257 e. The summed E-state index contributed by atoms with van der Waals surface area (Å²) in [6.07, 6.45) is 2.55. The number of ether oxygens (including phenoxy) is 1. The maximum absolute atomic E-state index is 11.4. The molecular weight excluding hydrogens is 254 g/mol. The van der Waals surface area contributed by atoms with Crippen molar-refractivity contribution in [3.63, 3.8) is 0 Å². The third-order valence-corrected chi connectivity index (χ3v) is 2.59. The summed E-state index contributed by atoms with van der Waals surface area (Å²) in [5.41, 5.74) is 0. The van der Waals surface area contributed by atoms with Gasteiger partial charge in [-0.25, -0.2) is 0 Å². The summed E-state index contributed by atoms with van der Waals surface area (Å²) in [5, 5.41) is 12.0. The van der Waals surface area contributed by atoms with Gasteiger partial charge in [-0.3, -0.25) is 4.79 Å². The average Bonchev–Trinajstić information content (AvgIpc) is 2.38. The minimum absolute atomic E-state index is 0.00162. The molecule has 100 valence electrons. The van der Waals surface area contributed by atoms with Crippen molar-refractivity contribution in [3.05, 3.63) is 29.3 Å². The molecule has 0 aliphatic heterocycles. The maximum atomic E-state index is 11.4. The lowest BCUT2D eigenvalue weighted by Gasteiger charge is -2.07. The Hall–Kier alpha value is -1.26. The third-order valence-electron chi connectivity index (χ3n) is 2.34. The van der Waals surface area contributed by atoms with E-state index in [9.17, 15) is 4.79 Å². The number of hydrogen-bond acceptors (Lipinski definition) is 3. The Morgan fingerprint density at radius 3 is 2.61 bits per heavy atom. The molecule has 0 heterocycles. The van der Waals surface area contributed by atoms with Crippen LogP contribution in [0.2, 0.25) is 5.02 Å². The average molecular weight is 272 g/mol. The zero-order valence-corrected chi connectivity index (χ0v) is 10.9. The second-order valence-electron chi connectivity index (χ2n) is 3.88. The Morgan fingerprint density at radius 2 is 1.94 bits per heavy atom. The third kappa shape index (κ3) is 6.47. The van der Waals surface area contributed by atoms with Crippen LogP contribution < -0.4 is 10.1 Å². The Kier molecular flexibility index (Phi) is 7.22. The van der Waals surface area contributed by atoms with Crippen LogP contribution in [0.15, 0.2) is 24.3 Å². The SMILES string of the molecule is O=C(COc1ccc(Cl)cc1)NCCCCCO. The van der Waals surface area contributed by atoms with Gasteiger partial charge in [-0.1, -0.05) is 11.6 Å². The molecule has 1 aromatic rings. The summed E-state index contributed by atoms with van der Waals surface area (Å²) in [7, 11) is 0. The monoisotopic (exact) mass is 271 g/mol. The van der Waals surface area contributed by atoms with Crippen LogP contribution in [0.5, 0.6) is 5.75 Å². The lowest BCUT2D eigenvalue weighted by atomic mass is 10.2. The van der Waals surface area contributed by atoms with Gasteiger partial charge in [-0.2, -0.15) is 0 Å². The highest BCUT2D eigenvalue weighted by atomic mass is 35.5. The fraction of sp³-hybridized carbons (Fsp3) is 0.462. The zero-order valence-electron chi connectivity index (χ0n) is 10.2. The summed E-state index contributed by atoms with van der Waals surface area (Å²) < 4.78 is 5.29. The molecule has 0 fully saturated rings. The van der Waals surface area contributed by atoms with Gasteiger partial charge >= 0.3 is 0 Å². The quantitative estimate of drug-likeness (QED) is 0.711. The largest absolute Gasteiger partial charge is 0.484 e. The summed E-state index contributed by atoms with van der Waals surface area (Å²) in [5.74, 6) is 0.476. The molecule has 1 rings (SSSR count). The van der Waals surface area contributed by atoms with Gasteiger partial charge in [0, 0.05) is 18.2 Å². The van der Waals surface area contributed by atoms with Crippen LogP contribution in [0.25, 0.3) is 0 Å². The van der Waals surface area contributed by atoms with Crippen LogP contribution >= 0.6 is 11.6 Å². The van der Waals surface area contributed by atoms with Gasteiger partial charge in [0.2, 0.25) is 0 Å². The highest BCUT2D eigenvalue weighted by molar-refractivity contribution is 6.30. The Bertz CT molecular complexity index is 354. The molecule has 0 spiro atoms. The molecule has 0 aliphatic carbocycles. The molecule has 0 atom stereocenters. The summed E-state index contributed by atoms with van der Waals surface area (Å²) in [6, 6.07) is 6.86. The molecule has 2 N–H and O–H groups in total. The van der Waals surface area contributed by atoms with Gasteiger partial charge in [0.25, 0.3) is 5.91 Å². The van der Waals surface area contributed by atoms with Crippen LogP contribution in [-0.2, 0) is 4.79 Å². The first kappa shape index (κ1) is 14.8. The molecule has 0 bridgehead atoms. The number of unbranched alkanes of at least 4 members (excludes halogenated alkanes) is 2. The number of benzene rings is 1. The van der Waals surface area contributed by atoms with E-state index in [-0.39, 0.29) is 19.1 Å². The first-order valence-electron chi connectivity index (χ1n) is 5.98. The van der Waals surface area contributed by atoms with Gasteiger partial charge in [-0.15, -0.1) is 0 Å². The normalized spacial score (nSPS) is 10.1. The van der Waals surface area contributed by atoms with E-state index in [4.69, 9.17) is 21.4 Å². The van der Waals surface area contributed by atoms with E-state index in [2.05, 4.69) is 5.32 Å². The van der Waals surface area contributed by atoms with Gasteiger partial charge in [0.15, 0.2) is 6.61 Å². The highest BCUT2D eigenvalue weighted by Crippen LogP contribution is 2.15. The van der Waals surface area contributed by atoms with Crippen LogP contribution in [0, 0.1) is 0 Å². The topological polar surface area (TPSA) is 58.6 Å². The minimum atomic E-state index is -0.144. The molecule has 1 aromatic carbocycles. The van der Waals surface area contributed by atoms with E-state index in [0.717, 1.165) is 19.3 Å². The number of aliphatic hydroxyl groups excluding tert-OH is 1. The first-order chi connectivity index (χ1) is 8.72. The Morgan fingerprint density at radius 1 is 1.22 bits per heavy atom. The van der Waals surface area contributed by atoms with Crippen LogP contribution in [0.4, 0.5) is 0 Å². The highest BCUT2D eigenvalue weighted by Gasteiger charge is 2.01. The first-order valence-corrected chi connectivity index (χ1v) is 6.36. The number of rotatable bonds is 8. The van der Waals surface area contributed by atoms with Gasteiger partial charge < -0.3 is 15.2 Å². The molecule has 0 saturated heterocycles. The van der Waals surface area contributed by atoms with E-state index < -0.39 is 0 Å². The minimum Gasteiger partial charge on any atom is -0.484 e. The zero-order chi connectivity index (χ0) is 13.2. The molecule has 0 radical (unpaired) electrons. The van der Waals surface area contributed by atoms with Crippen LogP contribution in [0.1, 0.15) is 19.3 Å². The van der Waals surface area contributed by atoms with E-state index in [1.165, 1.54) is 0 Å². The summed E-state index contributed by atoms with van der Waals surface area (Å²) in [6.45, 7) is 0.818. The van der Waals surface area contributed by atoms with Gasteiger partial charge in [0.1, 0.15) is 5.75 Å². The van der Waals surface area contributed by atoms with Crippen molar-refractivity contribution in [3.8, 4) is 5.75 Å². The molecule has 0 aromatic heterocycles. The van der Waals surface area contributed by atoms with Crippen LogP contribution in [0.3, 0.4) is 0 Å². The predicted molar refractivity (Wildman–Crippen MR) is 70.9 cm³/mol. The maximum Gasteiger partial charge on any atom is 0.257 e. The standard InChI is InChI=1S/C13H18ClNO3/c14-11-4-6-12(7-5-11)18-10-13(17)15-8-2-1-3-9-16/h4-7,16H,1-3,8-10H2,(H,15,17). The molecule has 1 amide bonds. The molecule has 4 nitrogen and oxygen atoms in total. The van der Waals surface area contributed by atoms with Crippen molar-refractivity contribution in [2.24, 2.45) is 0 Å². The van der Waals surface area contributed by atoms with Crippen molar-refractivity contribution < 1.29 is 14.6 Å². The number of amides is 1. The van der Waals surface area contributed by atoms with Crippen molar-refractivity contribution in [2.45, 2.75) is 19.3 Å². The fourth-order valence-electron chi connectivity index (χ4n) is 1.37. The lowest BCUT2D eigenvalue weighted by Crippen LogP contribution is -2.29. The second kappa shape index (κ2) is 8.78. The van der Waals surface area contributed by atoms with Crippen molar-refractivity contribution in [1.29, 1.82) is 0 Å². The fourth-order valence-corrected chi connectivity index (χ4v) is 1.50. The van der Waals surface area contributed by atoms with Crippen molar-refractivity contribution in [2.75, 3.05) is 19.8 Å². The Balaban J connectivity index is 2.11. The van der Waals surface area contributed by atoms with Gasteiger partial charge in [-0.05, 0) is 43.5 Å². The summed E-state index contributed by atoms with van der Waals surface area (Å²) >= 11 is 5.73. The second-order valence-corrected chi connectivity index (χ2v) is 4.31. The molecule has 18 heavy (non-hydrogen) atoms. The number of halogens is 1. The van der Waals surface area contributed by atoms with Crippen LogP contribution in [-0.4, -0.2) is 30.8 Å². The van der Waals surface area contributed by atoms with Crippen molar-refractivity contribution >= 4 is 17.5 Å². The van der Waals surface area contributed by atoms with E-state index in [1.54, 1.807) is 24.3 Å². The molecular formula is C13H18ClNO3. The number of carbonyl (C=O) groups is 1. The van der Waals surface area contributed by atoms with E-state index >= 15 is 0 Å². The molecule has 0 unspecified atom stereocenters. The number of hydrogen-bond donors (Lipinski definition) is 2. The number of carbonyl (C=O) groups excluding carboxylic acids is 1. The summed E-state index contributed by atoms with van der Waals surface area (Å²) in [4.78, 5) is 11.4. The van der Waals surface area contributed by atoms with E-state index in [0.29, 0.717) is 17.3 Å².